The van der Waals surface area contributed by atoms with E-state index in [1.807, 2.05) is 13.8 Å². The maximum absolute atomic E-state index is 14.0. The average Bonchev–Trinajstić information content (AvgIpc) is 3.64. The number of aliphatic hydroxyl groups excluding tert-OH is 2. The standard InChI is InChI=1S/C16H12F4N2.C7H13NO.C2H6.2CH4O/c1-3-6-21-15-12(19)8-11(18)14(20)16(15)22-13-5-4-9(2)7-10(13)17;1-7(4-5-7)3-2-6-8-9;3*1-2/h4-5,7-8,21-22H,1-2H3;2-6H2,1H3;1-2H3;2*2H,1H3. The monoisotopic (exact) mass is 529 g/mol. The normalized spacial score (nSPS) is 11.6. The molecule has 1 saturated carbocycles. The Morgan fingerprint density at radius 1 is 0.973 bits per heavy atom. The summed E-state index contributed by atoms with van der Waals surface area (Å²) in [6.45, 7) is 9.95. The molecule has 0 spiro atoms. The summed E-state index contributed by atoms with van der Waals surface area (Å²) in [4.78, 5) is 9.66. The molecule has 1 aliphatic rings. The van der Waals surface area contributed by atoms with Gasteiger partial charge in [-0.2, -0.15) is 4.91 Å². The van der Waals surface area contributed by atoms with Crippen LogP contribution in [0.4, 0.5) is 34.6 Å². The molecule has 0 bridgehead atoms. The van der Waals surface area contributed by atoms with E-state index < -0.39 is 34.6 Å². The molecule has 0 amide bonds. The summed E-state index contributed by atoms with van der Waals surface area (Å²) in [5.41, 5.74) is 0.201. The van der Waals surface area contributed by atoms with Gasteiger partial charge in [0.2, 0.25) is 0 Å². The van der Waals surface area contributed by atoms with Gasteiger partial charge in [0, 0.05) is 26.3 Å². The molecule has 4 N–H and O–H groups in total. The Balaban J connectivity index is 0. The summed E-state index contributed by atoms with van der Waals surface area (Å²) in [7, 11) is 2.00. The fraction of sp³-hybridized carbons (Fsp3) is 0.481. The zero-order chi connectivity index (χ0) is 29.0. The fourth-order valence-corrected chi connectivity index (χ4v) is 2.85. The van der Waals surface area contributed by atoms with Crippen LogP contribution >= 0.6 is 0 Å². The third kappa shape index (κ3) is 13.1. The van der Waals surface area contributed by atoms with Crippen molar-refractivity contribution < 1.29 is 27.8 Å². The Kier molecular flexibility index (Phi) is 19.4. The van der Waals surface area contributed by atoms with Gasteiger partial charge in [-0.15, -0.1) is 0 Å². The van der Waals surface area contributed by atoms with E-state index in [-0.39, 0.29) is 5.69 Å². The molecule has 208 valence electrons. The Morgan fingerprint density at radius 3 is 2.05 bits per heavy atom. The van der Waals surface area contributed by atoms with E-state index in [1.165, 1.54) is 38.3 Å². The second kappa shape index (κ2) is 20.0. The number of rotatable bonds is 7. The number of anilines is 3. The lowest BCUT2D eigenvalue weighted by atomic mass is 10.0. The number of aliphatic hydroxyl groups is 2. The van der Waals surface area contributed by atoms with Gasteiger partial charge < -0.3 is 20.8 Å². The van der Waals surface area contributed by atoms with E-state index in [0.29, 0.717) is 23.6 Å². The minimum Gasteiger partial charge on any atom is -0.400 e. The third-order valence-corrected chi connectivity index (χ3v) is 5.00. The van der Waals surface area contributed by atoms with Crippen molar-refractivity contribution in [1.29, 1.82) is 0 Å². The summed E-state index contributed by atoms with van der Waals surface area (Å²) in [5, 5.41) is 21.5. The van der Waals surface area contributed by atoms with Crippen molar-refractivity contribution in [2.24, 2.45) is 10.6 Å². The number of nitrogens with one attached hydrogen (secondary N) is 2. The molecule has 0 radical (unpaired) electrons. The molecule has 0 saturated heterocycles. The highest BCUT2D eigenvalue weighted by molar-refractivity contribution is 5.77. The maximum Gasteiger partial charge on any atom is 0.184 e. The predicted molar refractivity (Wildman–Crippen MR) is 143 cm³/mol. The second-order valence-corrected chi connectivity index (χ2v) is 7.78. The molecule has 2 aromatic rings. The van der Waals surface area contributed by atoms with E-state index in [4.69, 9.17) is 10.2 Å². The molecule has 6 nitrogen and oxygen atoms in total. The van der Waals surface area contributed by atoms with Gasteiger partial charge in [0.25, 0.3) is 0 Å². The van der Waals surface area contributed by atoms with Gasteiger partial charge >= 0.3 is 0 Å². The highest BCUT2D eigenvalue weighted by Gasteiger charge is 2.35. The number of benzene rings is 2. The molecule has 0 aliphatic heterocycles. The molecule has 10 heteroatoms. The molecule has 1 aliphatic carbocycles. The lowest BCUT2D eigenvalue weighted by molar-refractivity contribution is 0.399. The summed E-state index contributed by atoms with van der Waals surface area (Å²) >= 11 is 0. The largest absolute Gasteiger partial charge is 0.400 e. The van der Waals surface area contributed by atoms with Gasteiger partial charge in [-0.3, -0.25) is 0 Å². The molecule has 0 heterocycles. The Morgan fingerprint density at radius 2 is 1.57 bits per heavy atom. The zero-order valence-corrected chi connectivity index (χ0v) is 22.6. The van der Waals surface area contributed by atoms with E-state index in [9.17, 15) is 22.5 Å². The molecule has 3 rings (SSSR count). The maximum atomic E-state index is 14.0. The second-order valence-electron chi connectivity index (χ2n) is 7.78. The molecule has 1 fully saturated rings. The first-order valence-electron chi connectivity index (χ1n) is 11.8. The van der Waals surface area contributed by atoms with Crippen LogP contribution in [0.1, 0.15) is 58.9 Å². The highest BCUT2D eigenvalue weighted by atomic mass is 19.2. The molecule has 2 aromatic carbocycles. The zero-order valence-electron chi connectivity index (χ0n) is 22.6. The van der Waals surface area contributed by atoms with E-state index in [1.54, 1.807) is 13.0 Å². The summed E-state index contributed by atoms with van der Waals surface area (Å²) in [6.07, 6.45) is 4.89. The first kappa shape index (κ1) is 36.0. The molecule has 0 aromatic heterocycles. The van der Waals surface area contributed by atoms with Crippen molar-refractivity contribution in [2.45, 2.75) is 60.3 Å². The third-order valence-electron chi connectivity index (χ3n) is 5.00. The van der Waals surface area contributed by atoms with Crippen LogP contribution in [0.3, 0.4) is 0 Å². The molecular formula is C27H39F4N3O3. The van der Waals surface area contributed by atoms with E-state index in [2.05, 4.69) is 34.7 Å². The van der Waals surface area contributed by atoms with Crippen molar-refractivity contribution in [3.63, 3.8) is 0 Å². The molecule has 0 atom stereocenters. The van der Waals surface area contributed by atoms with E-state index in [0.717, 1.165) is 20.6 Å². The van der Waals surface area contributed by atoms with E-state index >= 15 is 0 Å². The van der Waals surface area contributed by atoms with Gasteiger partial charge in [-0.25, -0.2) is 17.6 Å². The highest BCUT2D eigenvalue weighted by Crippen LogP contribution is 2.48. The Bertz CT molecular complexity index is 1000. The van der Waals surface area contributed by atoms with Crippen LogP contribution in [-0.4, -0.2) is 31.0 Å². The number of aryl methyl sites for hydroxylation is 1. The molecule has 0 unspecified atom stereocenters. The first-order valence-corrected chi connectivity index (χ1v) is 11.8. The number of hydrogen-bond acceptors (Lipinski definition) is 6. The van der Waals surface area contributed by atoms with Crippen molar-refractivity contribution in [2.75, 3.05) is 31.4 Å². The van der Waals surface area contributed by atoms with Gasteiger partial charge in [-0.1, -0.05) is 37.9 Å². The van der Waals surface area contributed by atoms with Gasteiger partial charge in [-0.05, 0) is 62.6 Å². The van der Waals surface area contributed by atoms with Crippen LogP contribution in [0.15, 0.2) is 29.4 Å². The quantitative estimate of drug-likeness (QED) is 0.0756. The van der Waals surface area contributed by atoms with Crippen molar-refractivity contribution >= 4 is 17.1 Å². The average molecular weight is 530 g/mol. The minimum absolute atomic E-state index is 0.109. The summed E-state index contributed by atoms with van der Waals surface area (Å²) in [5.74, 6) is -1.99. The smallest absolute Gasteiger partial charge is 0.184 e. The number of halogens is 4. The van der Waals surface area contributed by atoms with Crippen LogP contribution in [0.2, 0.25) is 0 Å². The molecule has 37 heavy (non-hydrogen) atoms. The Labute approximate surface area is 217 Å². The number of hydrogen-bond donors (Lipinski definition) is 4. The van der Waals surface area contributed by atoms with Crippen LogP contribution < -0.4 is 10.6 Å². The van der Waals surface area contributed by atoms with Gasteiger partial charge in [0.1, 0.15) is 17.2 Å². The summed E-state index contributed by atoms with van der Waals surface area (Å²) in [6, 6.07) is 6.88. The number of nitrogens with zero attached hydrogens (tertiary/aromatic N) is 1. The summed E-state index contributed by atoms with van der Waals surface area (Å²) < 4.78 is 55.0. The lowest BCUT2D eigenvalue weighted by Crippen LogP contribution is -2.05. The van der Waals surface area contributed by atoms with Crippen LogP contribution in [0.25, 0.3) is 0 Å². The van der Waals surface area contributed by atoms with Crippen molar-refractivity contribution in [3.05, 3.63) is 58.0 Å². The topological polar surface area (TPSA) is 94.0 Å². The molecular weight excluding hydrogens is 490 g/mol. The van der Waals surface area contributed by atoms with Crippen LogP contribution in [0.5, 0.6) is 0 Å². The van der Waals surface area contributed by atoms with Crippen LogP contribution in [-0.2, 0) is 0 Å². The predicted octanol–water partition coefficient (Wildman–Crippen LogP) is 7.26. The van der Waals surface area contributed by atoms with Crippen molar-refractivity contribution in [3.8, 4) is 12.0 Å². The first-order chi connectivity index (χ1) is 17.7. The SMILES string of the molecule is CC.CC#CNc1c(F)cc(F)c(F)c1Nc1ccc(C)cc1F.CC1(CCCN=O)CC1.CO.CO. The van der Waals surface area contributed by atoms with Gasteiger partial charge in [0.05, 0.1) is 12.2 Å². The minimum atomic E-state index is -1.39. The number of nitroso groups, excluding NO2 is 1. The van der Waals surface area contributed by atoms with Crippen molar-refractivity contribution in [1.82, 2.24) is 0 Å². The van der Waals surface area contributed by atoms with Gasteiger partial charge in [0.15, 0.2) is 17.5 Å². The Hall–Kier alpha value is -3.16. The fourth-order valence-electron chi connectivity index (χ4n) is 2.85. The van der Waals surface area contributed by atoms with Crippen LogP contribution in [0, 0.1) is 52.5 Å². The lowest BCUT2D eigenvalue weighted by Gasteiger charge is -2.14.